The molecule has 1 fully saturated rings. The number of nitrogens with zero attached hydrogens (tertiary/aromatic N) is 1. The van der Waals surface area contributed by atoms with Crippen molar-refractivity contribution < 1.29 is 19.4 Å². The number of carbonyl (C=O) groups excluding carboxylic acids is 2. The van der Waals surface area contributed by atoms with Crippen molar-refractivity contribution in [2.45, 2.75) is 5.92 Å². The van der Waals surface area contributed by atoms with Crippen molar-refractivity contribution in [3.8, 4) is 11.5 Å². The number of nitrogens with one attached hydrogen (secondary N) is 2. The summed E-state index contributed by atoms with van der Waals surface area (Å²) in [6.07, 6.45) is 1.31. The van der Waals surface area contributed by atoms with Gasteiger partial charge >= 0.3 is 0 Å². The van der Waals surface area contributed by atoms with Gasteiger partial charge in [0.1, 0.15) is 5.92 Å². The van der Waals surface area contributed by atoms with Gasteiger partial charge < -0.3 is 15.2 Å². The highest BCUT2D eigenvalue weighted by Crippen LogP contribution is 2.29. The molecule has 2 aromatic carbocycles. The Bertz CT molecular complexity index is 836. The molecule has 7 heteroatoms. The number of hydrogen-bond donors (Lipinski definition) is 3. The van der Waals surface area contributed by atoms with Gasteiger partial charge in [-0.05, 0) is 17.7 Å². The zero-order valence-corrected chi connectivity index (χ0v) is 14.2. The summed E-state index contributed by atoms with van der Waals surface area (Å²) in [6, 6.07) is 14.3. The van der Waals surface area contributed by atoms with Gasteiger partial charge in [0.15, 0.2) is 11.5 Å². The summed E-state index contributed by atoms with van der Waals surface area (Å²) in [6.45, 7) is 0.404. The molecule has 2 atom stereocenters. The molecule has 0 aliphatic carbocycles. The predicted molar refractivity (Wildman–Crippen MR) is 96.1 cm³/mol. The van der Waals surface area contributed by atoms with Crippen molar-refractivity contribution in [2.75, 3.05) is 13.7 Å². The van der Waals surface area contributed by atoms with Gasteiger partial charge in [-0.25, -0.2) is 5.43 Å². The fraction of sp³-hybridized carbons (Fsp3) is 0.211. The van der Waals surface area contributed by atoms with Gasteiger partial charge in [0.25, 0.3) is 5.91 Å². The van der Waals surface area contributed by atoms with Crippen molar-refractivity contribution in [1.29, 1.82) is 0 Å². The van der Waals surface area contributed by atoms with E-state index in [-0.39, 0.29) is 17.6 Å². The number of phenolic OH excluding ortho intramolecular Hbond substituents is 1. The van der Waals surface area contributed by atoms with Crippen molar-refractivity contribution in [3.63, 3.8) is 0 Å². The Balaban J connectivity index is 1.72. The first-order valence-electron chi connectivity index (χ1n) is 8.13. The average molecular weight is 353 g/mol. The monoisotopic (exact) mass is 353 g/mol. The number of carbonyl (C=O) groups is 2. The smallest absolute Gasteiger partial charge is 0.253 e. The molecule has 26 heavy (non-hydrogen) atoms. The number of hydrazone groups is 1. The summed E-state index contributed by atoms with van der Waals surface area (Å²) in [4.78, 5) is 24.6. The van der Waals surface area contributed by atoms with Crippen LogP contribution in [0.1, 0.15) is 17.0 Å². The molecule has 0 radical (unpaired) electrons. The molecule has 3 rings (SSSR count). The van der Waals surface area contributed by atoms with Crippen LogP contribution in [0, 0.1) is 5.92 Å². The van der Waals surface area contributed by atoms with Gasteiger partial charge in [0.05, 0.1) is 13.3 Å². The molecule has 2 aromatic rings. The van der Waals surface area contributed by atoms with Crippen LogP contribution in [-0.2, 0) is 9.59 Å². The Kier molecular flexibility index (Phi) is 5.17. The molecule has 1 aliphatic heterocycles. The molecule has 0 unspecified atom stereocenters. The number of aromatic hydroxyl groups is 1. The van der Waals surface area contributed by atoms with Gasteiger partial charge in [0, 0.05) is 18.0 Å². The van der Waals surface area contributed by atoms with Crippen LogP contribution < -0.4 is 15.5 Å². The first kappa shape index (κ1) is 17.5. The van der Waals surface area contributed by atoms with Crippen LogP contribution in [0.2, 0.25) is 0 Å². The number of phenols is 1. The number of para-hydroxylation sites is 1. The molecule has 7 nitrogen and oxygen atoms in total. The fourth-order valence-electron chi connectivity index (χ4n) is 2.98. The summed E-state index contributed by atoms with van der Waals surface area (Å²) < 4.78 is 5.02. The highest BCUT2D eigenvalue weighted by molar-refractivity contribution is 6.03. The molecule has 1 aliphatic rings. The first-order chi connectivity index (χ1) is 12.6. The lowest BCUT2D eigenvalue weighted by molar-refractivity contribution is -0.133. The van der Waals surface area contributed by atoms with Crippen LogP contribution in [0.3, 0.4) is 0 Å². The van der Waals surface area contributed by atoms with Crippen LogP contribution >= 0.6 is 0 Å². The summed E-state index contributed by atoms with van der Waals surface area (Å²) in [5, 5.41) is 16.6. The predicted octanol–water partition coefficient (Wildman–Crippen LogP) is 1.38. The molecular formula is C19H19N3O4. The summed E-state index contributed by atoms with van der Waals surface area (Å²) in [5.41, 5.74) is 3.69. The zero-order chi connectivity index (χ0) is 18.5. The maximum absolute atomic E-state index is 12.5. The second kappa shape index (κ2) is 7.69. The van der Waals surface area contributed by atoms with E-state index in [1.165, 1.54) is 13.3 Å². The van der Waals surface area contributed by atoms with E-state index in [2.05, 4.69) is 15.8 Å². The number of amides is 2. The van der Waals surface area contributed by atoms with Gasteiger partial charge in [-0.1, -0.05) is 36.4 Å². The van der Waals surface area contributed by atoms with Gasteiger partial charge in [0.2, 0.25) is 5.91 Å². The van der Waals surface area contributed by atoms with Crippen molar-refractivity contribution in [3.05, 3.63) is 59.7 Å². The van der Waals surface area contributed by atoms with Crippen molar-refractivity contribution in [1.82, 2.24) is 10.7 Å². The number of hydrogen-bond acceptors (Lipinski definition) is 5. The van der Waals surface area contributed by atoms with E-state index in [4.69, 9.17) is 4.74 Å². The van der Waals surface area contributed by atoms with E-state index in [0.717, 1.165) is 5.56 Å². The second-order valence-electron chi connectivity index (χ2n) is 5.87. The largest absolute Gasteiger partial charge is 0.504 e. The normalized spacial score (nSPS) is 19.3. The Hall–Kier alpha value is -3.35. The van der Waals surface area contributed by atoms with Gasteiger partial charge in [-0.15, -0.1) is 0 Å². The second-order valence-corrected chi connectivity index (χ2v) is 5.87. The number of benzene rings is 2. The molecule has 0 spiro atoms. The minimum Gasteiger partial charge on any atom is -0.504 e. The highest BCUT2D eigenvalue weighted by atomic mass is 16.5. The third kappa shape index (κ3) is 3.51. The van der Waals surface area contributed by atoms with Crippen LogP contribution in [-0.4, -0.2) is 36.8 Å². The lowest BCUT2D eigenvalue weighted by Gasteiger charge is -2.15. The Labute approximate surface area is 150 Å². The lowest BCUT2D eigenvalue weighted by atomic mass is 9.88. The van der Waals surface area contributed by atoms with E-state index < -0.39 is 11.8 Å². The third-order valence-electron chi connectivity index (χ3n) is 4.32. The van der Waals surface area contributed by atoms with E-state index in [1.54, 1.807) is 18.2 Å². The molecule has 1 heterocycles. The van der Waals surface area contributed by atoms with Gasteiger partial charge in [-0.2, -0.15) is 5.10 Å². The molecule has 1 saturated heterocycles. The molecule has 0 aromatic heterocycles. The maximum Gasteiger partial charge on any atom is 0.253 e. The van der Waals surface area contributed by atoms with Crippen molar-refractivity contribution in [2.24, 2.45) is 11.0 Å². The van der Waals surface area contributed by atoms with E-state index in [9.17, 15) is 14.7 Å². The van der Waals surface area contributed by atoms with E-state index in [0.29, 0.717) is 17.9 Å². The minimum atomic E-state index is -0.853. The molecule has 0 saturated carbocycles. The van der Waals surface area contributed by atoms with Crippen LogP contribution in [0.5, 0.6) is 11.5 Å². The molecule has 3 N–H and O–H groups in total. The minimum absolute atomic E-state index is 0.0752. The van der Waals surface area contributed by atoms with Crippen LogP contribution in [0.25, 0.3) is 0 Å². The average Bonchev–Trinajstić information content (AvgIpc) is 3.05. The highest BCUT2D eigenvalue weighted by Gasteiger charge is 2.40. The standard InChI is InChI=1S/C19H19N3O4/c1-26-15-9-5-8-13(17(15)23)10-21-22-19(25)16-14(11-20-18(16)24)12-6-3-2-4-7-12/h2-10,14,16,23H,11H2,1H3,(H,20,24)(H,22,25)/b21-10+/t14-,16+/m1/s1. The quantitative estimate of drug-likeness (QED) is 0.429. The SMILES string of the molecule is COc1cccc(/C=N/NC(=O)[C@@H]2C(=O)NC[C@@H]2c2ccccc2)c1O. The molecule has 0 bridgehead atoms. The lowest BCUT2D eigenvalue weighted by Crippen LogP contribution is -2.34. The Morgan fingerprint density at radius 3 is 2.77 bits per heavy atom. The van der Waals surface area contributed by atoms with Gasteiger partial charge in [-0.3, -0.25) is 9.59 Å². The molecule has 2 amide bonds. The topological polar surface area (TPSA) is 100 Å². The number of rotatable bonds is 5. The molecular weight excluding hydrogens is 334 g/mol. The number of methoxy groups -OCH3 is 1. The van der Waals surface area contributed by atoms with Crippen LogP contribution in [0.4, 0.5) is 0 Å². The summed E-state index contributed by atoms with van der Waals surface area (Å²) >= 11 is 0. The zero-order valence-electron chi connectivity index (χ0n) is 14.2. The van der Waals surface area contributed by atoms with Crippen molar-refractivity contribution >= 4 is 18.0 Å². The third-order valence-corrected chi connectivity index (χ3v) is 4.32. The Morgan fingerprint density at radius 2 is 2.04 bits per heavy atom. The summed E-state index contributed by atoms with van der Waals surface area (Å²) in [7, 11) is 1.44. The van der Waals surface area contributed by atoms with E-state index in [1.807, 2.05) is 30.3 Å². The molecule has 134 valence electrons. The van der Waals surface area contributed by atoms with Crippen LogP contribution in [0.15, 0.2) is 53.6 Å². The summed E-state index contributed by atoms with van der Waals surface area (Å²) in [5.74, 6) is -1.69. The Morgan fingerprint density at radius 1 is 1.27 bits per heavy atom. The maximum atomic E-state index is 12.5. The van der Waals surface area contributed by atoms with E-state index >= 15 is 0 Å². The number of ether oxygens (including phenoxy) is 1. The first-order valence-corrected chi connectivity index (χ1v) is 8.13. The fourth-order valence-corrected chi connectivity index (χ4v) is 2.98.